The van der Waals surface area contributed by atoms with E-state index in [9.17, 15) is 4.39 Å². The predicted molar refractivity (Wildman–Crippen MR) is 77.9 cm³/mol. The monoisotopic (exact) mass is 265 g/mol. The average molecular weight is 265 g/mol. The van der Waals surface area contributed by atoms with Gasteiger partial charge >= 0.3 is 0 Å². The molecule has 0 fully saturated rings. The summed E-state index contributed by atoms with van der Waals surface area (Å²) in [4.78, 5) is 0. The van der Waals surface area contributed by atoms with Crippen LogP contribution in [0.1, 0.15) is 33.3 Å². The third-order valence-corrected chi connectivity index (χ3v) is 2.61. The second-order valence-corrected chi connectivity index (χ2v) is 5.38. The highest BCUT2D eigenvalue weighted by Crippen LogP contribution is 2.18. The van der Waals surface area contributed by atoms with E-state index in [4.69, 9.17) is 4.74 Å². The molecule has 19 heavy (non-hydrogen) atoms. The number of nitrogens with one attached hydrogen (secondary N) is 1. The van der Waals surface area contributed by atoms with E-state index >= 15 is 0 Å². The van der Waals surface area contributed by atoms with Gasteiger partial charge in [0.15, 0.2) is 11.6 Å². The number of hydrogen-bond donors (Lipinski definition) is 1. The van der Waals surface area contributed by atoms with Gasteiger partial charge in [-0.25, -0.2) is 4.39 Å². The molecule has 0 bridgehead atoms. The molecule has 0 aliphatic rings. The zero-order valence-electron chi connectivity index (χ0n) is 12.3. The molecule has 2 nitrogen and oxygen atoms in total. The number of halogens is 1. The topological polar surface area (TPSA) is 21.3 Å². The van der Waals surface area contributed by atoms with Crippen LogP contribution in [0.25, 0.3) is 0 Å². The van der Waals surface area contributed by atoms with Crippen LogP contribution in [0.2, 0.25) is 0 Å². The van der Waals surface area contributed by atoms with Gasteiger partial charge in [-0.1, -0.05) is 25.5 Å². The van der Waals surface area contributed by atoms with Gasteiger partial charge < -0.3 is 10.1 Å². The lowest BCUT2D eigenvalue weighted by Gasteiger charge is -2.09. The fourth-order valence-electron chi connectivity index (χ4n) is 1.57. The summed E-state index contributed by atoms with van der Waals surface area (Å²) in [6.07, 6.45) is 1.93. The molecule has 0 heterocycles. The van der Waals surface area contributed by atoms with Crippen molar-refractivity contribution in [2.45, 2.75) is 34.2 Å². The lowest BCUT2D eigenvalue weighted by molar-refractivity contribution is 0.340. The predicted octanol–water partition coefficient (Wildman–Crippen LogP) is 3.92. The summed E-state index contributed by atoms with van der Waals surface area (Å²) in [7, 11) is 0. The molecule has 0 unspecified atom stereocenters. The summed E-state index contributed by atoms with van der Waals surface area (Å²) in [5, 5.41) is 3.29. The first-order valence-corrected chi connectivity index (χ1v) is 6.74. The van der Waals surface area contributed by atoms with Crippen molar-refractivity contribution in [1.29, 1.82) is 0 Å². The van der Waals surface area contributed by atoms with Crippen molar-refractivity contribution in [2.75, 3.05) is 13.2 Å². The largest absolute Gasteiger partial charge is 0.486 e. The SMILES string of the molecule is CC(C)=CCOc1ccc(CNCC(C)C)cc1F. The Labute approximate surface area is 115 Å². The average Bonchev–Trinajstić information content (AvgIpc) is 2.31. The molecule has 0 saturated heterocycles. The second-order valence-electron chi connectivity index (χ2n) is 5.38. The molecule has 0 atom stereocenters. The lowest BCUT2D eigenvalue weighted by atomic mass is 10.2. The van der Waals surface area contributed by atoms with Gasteiger partial charge in [-0.2, -0.15) is 0 Å². The Morgan fingerprint density at radius 1 is 1.37 bits per heavy atom. The molecule has 0 saturated carbocycles. The molecule has 106 valence electrons. The van der Waals surface area contributed by atoms with Crippen LogP contribution in [-0.4, -0.2) is 13.2 Å². The van der Waals surface area contributed by atoms with Crippen molar-refractivity contribution >= 4 is 0 Å². The van der Waals surface area contributed by atoms with E-state index in [2.05, 4.69) is 19.2 Å². The minimum atomic E-state index is -0.300. The Bertz CT molecular complexity index is 423. The molecule has 0 amide bonds. The molecule has 0 radical (unpaired) electrons. The van der Waals surface area contributed by atoms with Crippen LogP contribution in [-0.2, 0) is 6.54 Å². The zero-order chi connectivity index (χ0) is 14.3. The summed E-state index contributed by atoms with van der Waals surface area (Å²) in [5.41, 5.74) is 2.10. The van der Waals surface area contributed by atoms with Crippen LogP contribution < -0.4 is 10.1 Å². The van der Waals surface area contributed by atoms with E-state index in [-0.39, 0.29) is 5.82 Å². The quantitative estimate of drug-likeness (QED) is 0.755. The molecule has 3 heteroatoms. The third kappa shape index (κ3) is 6.39. The van der Waals surface area contributed by atoms with Crippen LogP contribution >= 0.6 is 0 Å². The van der Waals surface area contributed by atoms with Gasteiger partial charge in [0.2, 0.25) is 0 Å². The van der Waals surface area contributed by atoms with E-state index in [1.165, 1.54) is 6.07 Å². The Kier molecular flexibility index (Phi) is 6.57. The minimum Gasteiger partial charge on any atom is -0.486 e. The van der Waals surface area contributed by atoms with Crippen molar-refractivity contribution in [2.24, 2.45) is 5.92 Å². The highest BCUT2D eigenvalue weighted by Gasteiger charge is 2.04. The van der Waals surface area contributed by atoms with Crippen molar-refractivity contribution in [3.05, 3.63) is 41.2 Å². The third-order valence-electron chi connectivity index (χ3n) is 2.61. The molecular weight excluding hydrogens is 241 g/mol. The molecule has 0 aromatic heterocycles. The maximum absolute atomic E-state index is 13.8. The van der Waals surface area contributed by atoms with Gasteiger partial charge in [0, 0.05) is 6.54 Å². The molecule has 1 aromatic carbocycles. The Morgan fingerprint density at radius 2 is 2.11 bits per heavy atom. The van der Waals surface area contributed by atoms with Gasteiger partial charge in [0.1, 0.15) is 6.61 Å². The summed E-state index contributed by atoms with van der Waals surface area (Å²) in [6, 6.07) is 5.12. The fourth-order valence-corrected chi connectivity index (χ4v) is 1.57. The van der Waals surface area contributed by atoms with Crippen LogP contribution in [0.15, 0.2) is 29.8 Å². The molecule has 1 N–H and O–H groups in total. The first-order chi connectivity index (χ1) is 8.99. The number of benzene rings is 1. The summed E-state index contributed by atoms with van der Waals surface area (Å²) in [6.45, 7) is 10.3. The number of rotatable bonds is 7. The summed E-state index contributed by atoms with van der Waals surface area (Å²) < 4.78 is 19.2. The molecule has 1 aromatic rings. The Hall–Kier alpha value is -1.35. The van der Waals surface area contributed by atoms with E-state index < -0.39 is 0 Å². The Morgan fingerprint density at radius 3 is 2.68 bits per heavy atom. The number of ether oxygens (including phenoxy) is 1. The van der Waals surface area contributed by atoms with E-state index in [1.807, 2.05) is 26.0 Å². The van der Waals surface area contributed by atoms with Crippen LogP contribution in [0.5, 0.6) is 5.75 Å². The second kappa shape index (κ2) is 7.95. The van der Waals surface area contributed by atoms with Crippen LogP contribution in [0, 0.1) is 11.7 Å². The first-order valence-electron chi connectivity index (χ1n) is 6.74. The van der Waals surface area contributed by atoms with Gasteiger partial charge in [0.05, 0.1) is 0 Å². The summed E-state index contributed by atoms with van der Waals surface area (Å²) >= 11 is 0. The van der Waals surface area contributed by atoms with Gasteiger partial charge in [-0.3, -0.25) is 0 Å². The van der Waals surface area contributed by atoms with Crippen molar-refractivity contribution in [1.82, 2.24) is 5.32 Å². The fraction of sp³-hybridized carbons (Fsp3) is 0.500. The Balaban J connectivity index is 2.52. The van der Waals surface area contributed by atoms with E-state index in [0.717, 1.165) is 17.7 Å². The van der Waals surface area contributed by atoms with Crippen molar-refractivity contribution < 1.29 is 9.13 Å². The molecule has 0 aliphatic carbocycles. The lowest BCUT2D eigenvalue weighted by Crippen LogP contribution is -2.19. The smallest absolute Gasteiger partial charge is 0.165 e. The molecule has 0 aliphatic heterocycles. The normalized spacial score (nSPS) is 10.6. The van der Waals surface area contributed by atoms with Gasteiger partial charge in [0.25, 0.3) is 0 Å². The van der Waals surface area contributed by atoms with Crippen LogP contribution in [0.4, 0.5) is 4.39 Å². The minimum absolute atomic E-state index is 0.300. The van der Waals surface area contributed by atoms with Crippen molar-refractivity contribution in [3.8, 4) is 5.75 Å². The maximum atomic E-state index is 13.8. The van der Waals surface area contributed by atoms with Crippen molar-refractivity contribution in [3.63, 3.8) is 0 Å². The van der Waals surface area contributed by atoms with E-state index in [0.29, 0.717) is 24.8 Å². The zero-order valence-corrected chi connectivity index (χ0v) is 12.3. The van der Waals surface area contributed by atoms with Gasteiger partial charge in [-0.05, 0) is 50.1 Å². The molecule has 1 rings (SSSR count). The molecule has 0 spiro atoms. The maximum Gasteiger partial charge on any atom is 0.165 e. The number of hydrogen-bond acceptors (Lipinski definition) is 2. The van der Waals surface area contributed by atoms with Crippen LogP contribution in [0.3, 0.4) is 0 Å². The van der Waals surface area contributed by atoms with E-state index in [1.54, 1.807) is 6.07 Å². The highest BCUT2D eigenvalue weighted by molar-refractivity contribution is 5.29. The van der Waals surface area contributed by atoms with Gasteiger partial charge in [-0.15, -0.1) is 0 Å². The summed E-state index contributed by atoms with van der Waals surface area (Å²) in [5.74, 6) is 0.604. The molecular formula is C16H24FNO. The standard InChI is InChI=1S/C16H24FNO/c1-12(2)7-8-19-16-6-5-14(9-15(16)17)11-18-10-13(3)4/h5-7,9,13,18H,8,10-11H2,1-4H3. The number of allylic oxidation sites excluding steroid dienone is 1. The highest BCUT2D eigenvalue weighted by atomic mass is 19.1. The first kappa shape index (κ1) is 15.7.